The van der Waals surface area contributed by atoms with Gasteiger partial charge in [-0.05, 0) is 39.1 Å². The van der Waals surface area contributed by atoms with E-state index in [0.717, 1.165) is 52.1 Å². The van der Waals surface area contributed by atoms with Gasteiger partial charge in [0.15, 0.2) is 5.96 Å². The predicted molar refractivity (Wildman–Crippen MR) is 118 cm³/mol. The number of nitrogens with zero attached hydrogens (tertiary/aromatic N) is 5. The number of piperazine rings is 1. The molecule has 1 unspecified atom stereocenters. The van der Waals surface area contributed by atoms with Crippen LogP contribution in [0.4, 0.5) is 8.78 Å². The highest BCUT2D eigenvalue weighted by molar-refractivity contribution is 5.80. The Balaban J connectivity index is 1.53. The molecule has 0 aliphatic carbocycles. The number of guanidine groups is 1. The molecule has 2 fully saturated rings. The Morgan fingerprint density at radius 3 is 2.23 bits per heavy atom. The summed E-state index contributed by atoms with van der Waals surface area (Å²) in [5.74, 6) is -0.179. The third kappa shape index (κ3) is 5.92. The number of hydrogen-bond donors (Lipinski definition) is 1. The second kappa shape index (κ2) is 10.9. The monoisotopic (exact) mass is 436 g/mol. The highest BCUT2D eigenvalue weighted by Crippen LogP contribution is 2.24. The summed E-state index contributed by atoms with van der Waals surface area (Å²) in [6.07, 6.45) is 2.21. The standard InChI is InChI=1S/C22H34F2N6O/c1-25-22(26-15-19(27(2)3)21-17(23)7-6-8-18(21)24)30-13-11-28(12-14-30)16-20(31)29-9-4-5-10-29/h6-8,19H,4-5,9-16H2,1-3H3,(H,25,26). The number of carbonyl (C=O) groups excluding carboxylic acids is 1. The zero-order valence-corrected chi connectivity index (χ0v) is 18.8. The van der Waals surface area contributed by atoms with Gasteiger partial charge in [-0.15, -0.1) is 0 Å². The van der Waals surface area contributed by atoms with Crippen LogP contribution in [0.3, 0.4) is 0 Å². The third-order valence-corrected chi connectivity index (χ3v) is 6.11. The van der Waals surface area contributed by atoms with E-state index < -0.39 is 17.7 Å². The average molecular weight is 437 g/mol. The minimum Gasteiger partial charge on any atom is -0.354 e. The van der Waals surface area contributed by atoms with Crippen molar-refractivity contribution < 1.29 is 13.6 Å². The van der Waals surface area contributed by atoms with Crippen molar-refractivity contribution in [1.82, 2.24) is 24.9 Å². The summed E-state index contributed by atoms with van der Waals surface area (Å²) in [7, 11) is 5.31. The second-order valence-corrected chi connectivity index (χ2v) is 8.39. The van der Waals surface area contributed by atoms with E-state index in [1.54, 1.807) is 26.0 Å². The number of likely N-dealkylation sites (tertiary alicyclic amines) is 1. The van der Waals surface area contributed by atoms with Gasteiger partial charge in [0.1, 0.15) is 11.6 Å². The number of amides is 1. The third-order valence-electron chi connectivity index (χ3n) is 6.11. The van der Waals surface area contributed by atoms with Gasteiger partial charge in [0.05, 0.1) is 12.6 Å². The number of nitrogens with one attached hydrogen (secondary N) is 1. The van der Waals surface area contributed by atoms with Crippen LogP contribution in [0.1, 0.15) is 24.4 Å². The molecule has 2 saturated heterocycles. The highest BCUT2D eigenvalue weighted by Gasteiger charge is 2.26. The summed E-state index contributed by atoms with van der Waals surface area (Å²) in [5.41, 5.74) is 0.0562. The largest absolute Gasteiger partial charge is 0.354 e. The molecule has 172 valence electrons. The van der Waals surface area contributed by atoms with Gasteiger partial charge in [0.25, 0.3) is 0 Å². The van der Waals surface area contributed by atoms with Crippen molar-refractivity contribution >= 4 is 11.9 Å². The minimum absolute atomic E-state index is 0.0562. The Bertz CT molecular complexity index is 753. The van der Waals surface area contributed by atoms with E-state index in [1.807, 2.05) is 4.90 Å². The van der Waals surface area contributed by atoms with E-state index >= 15 is 0 Å². The fraction of sp³-hybridized carbons (Fsp3) is 0.636. The zero-order chi connectivity index (χ0) is 22.4. The highest BCUT2D eigenvalue weighted by atomic mass is 19.1. The van der Waals surface area contributed by atoms with Crippen molar-refractivity contribution in [3.05, 3.63) is 35.4 Å². The van der Waals surface area contributed by atoms with Gasteiger partial charge in [-0.25, -0.2) is 8.78 Å². The normalized spacial score (nSPS) is 19.2. The number of benzene rings is 1. The SMILES string of the molecule is CN=C(NCC(c1c(F)cccc1F)N(C)C)N1CCN(CC(=O)N2CCCC2)CC1. The van der Waals surface area contributed by atoms with Crippen molar-refractivity contribution in [3.8, 4) is 0 Å². The molecule has 0 bridgehead atoms. The van der Waals surface area contributed by atoms with Crippen molar-refractivity contribution in [2.45, 2.75) is 18.9 Å². The molecule has 1 atom stereocenters. The lowest BCUT2D eigenvalue weighted by Crippen LogP contribution is -2.54. The number of aliphatic imine (C=N–C) groups is 1. The van der Waals surface area contributed by atoms with E-state index in [4.69, 9.17) is 0 Å². The van der Waals surface area contributed by atoms with Gasteiger partial charge in [-0.1, -0.05) is 6.07 Å². The van der Waals surface area contributed by atoms with E-state index in [0.29, 0.717) is 19.0 Å². The van der Waals surface area contributed by atoms with Crippen molar-refractivity contribution in [2.24, 2.45) is 4.99 Å². The van der Waals surface area contributed by atoms with Crippen molar-refractivity contribution in [2.75, 3.05) is 73.5 Å². The molecule has 1 aromatic carbocycles. The molecule has 9 heteroatoms. The average Bonchev–Trinajstić information content (AvgIpc) is 3.28. The maximum Gasteiger partial charge on any atom is 0.236 e. The van der Waals surface area contributed by atoms with Crippen LogP contribution >= 0.6 is 0 Å². The Morgan fingerprint density at radius 2 is 1.68 bits per heavy atom. The predicted octanol–water partition coefficient (Wildman–Crippen LogP) is 1.38. The van der Waals surface area contributed by atoms with Crippen LogP contribution in [0.2, 0.25) is 0 Å². The van der Waals surface area contributed by atoms with Crippen LogP contribution in [-0.2, 0) is 4.79 Å². The first-order valence-corrected chi connectivity index (χ1v) is 11.0. The molecular weight excluding hydrogens is 402 g/mol. The van der Waals surface area contributed by atoms with Crippen LogP contribution in [0.25, 0.3) is 0 Å². The first-order valence-electron chi connectivity index (χ1n) is 11.0. The molecule has 0 saturated carbocycles. The lowest BCUT2D eigenvalue weighted by molar-refractivity contribution is -0.131. The molecule has 0 spiro atoms. The maximum absolute atomic E-state index is 14.3. The van der Waals surface area contributed by atoms with Crippen LogP contribution in [0.15, 0.2) is 23.2 Å². The molecule has 7 nitrogen and oxygen atoms in total. The second-order valence-electron chi connectivity index (χ2n) is 8.39. The molecular formula is C22H34F2N6O. The summed E-state index contributed by atoms with van der Waals surface area (Å²) in [6.45, 7) is 5.59. The summed E-state index contributed by atoms with van der Waals surface area (Å²) in [5, 5.41) is 3.28. The Kier molecular flexibility index (Phi) is 8.20. The first-order chi connectivity index (χ1) is 14.9. The van der Waals surface area contributed by atoms with Crippen LogP contribution < -0.4 is 5.32 Å². The number of likely N-dealkylation sites (N-methyl/N-ethyl adjacent to an activating group) is 1. The van der Waals surface area contributed by atoms with Crippen LogP contribution in [0.5, 0.6) is 0 Å². The quantitative estimate of drug-likeness (QED) is 0.540. The Morgan fingerprint density at radius 1 is 1.06 bits per heavy atom. The molecule has 1 N–H and O–H groups in total. The zero-order valence-electron chi connectivity index (χ0n) is 18.8. The summed E-state index contributed by atoms with van der Waals surface area (Å²) >= 11 is 0. The molecule has 1 aromatic rings. The van der Waals surface area contributed by atoms with Crippen molar-refractivity contribution in [1.29, 1.82) is 0 Å². The molecule has 31 heavy (non-hydrogen) atoms. The number of halogens is 2. The van der Waals surface area contributed by atoms with Crippen LogP contribution in [-0.4, -0.2) is 105 Å². The minimum atomic E-state index is -0.549. The van der Waals surface area contributed by atoms with Gasteiger partial charge in [0, 0.05) is 58.4 Å². The topological polar surface area (TPSA) is 54.4 Å². The fourth-order valence-electron chi connectivity index (χ4n) is 4.27. The van der Waals surface area contributed by atoms with Crippen molar-refractivity contribution in [3.63, 3.8) is 0 Å². The van der Waals surface area contributed by atoms with Gasteiger partial charge in [-0.3, -0.25) is 14.7 Å². The Labute approximate surface area is 183 Å². The van der Waals surface area contributed by atoms with Gasteiger partial charge < -0.3 is 20.0 Å². The first kappa shape index (κ1) is 23.4. The lowest BCUT2D eigenvalue weighted by atomic mass is 10.0. The Hall–Kier alpha value is -2.26. The lowest BCUT2D eigenvalue weighted by Gasteiger charge is -2.37. The summed E-state index contributed by atoms with van der Waals surface area (Å²) < 4.78 is 28.6. The summed E-state index contributed by atoms with van der Waals surface area (Å²) in [6, 6.07) is 3.47. The van der Waals surface area contributed by atoms with Gasteiger partial charge in [-0.2, -0.15) is 0 Å². The number of hydrogen-bond acceptors (Lipinski definition) is 4. The van der Waals surface area contributed by atoms with E-state index in [2.05, 4.69) is 20.1 Å². The molecule has 0 radical (unpaired) electrons. The number of rotatable bonds is 6. The van der Waals surface area contributed by atoms with Crippen LogP contribution in [0, 0.1) is 11.6 Å². The molecule has 1 amide bonds. The summed E-state index contributed by atoms with van der Waals surface area (Å²) in [4.78, 5) is 24.8. The molecule has 3 rings (SSSR count). The molecule has 2 aliphatic heterocycles. The molecule has 2 heterocycles. The molecule has 2 aliphatic rings. The molecule has 0 aromatic heterocycles. The van der Waals surface area contributed by atoms with Gasteiger partial charge >= 0.3 is 0 Å². The van der Waals surface area contributed by atoms with E-state index in [-0.39, 0.29) is 11.5 Å². The van der Waals surface area contributed by atoms with E-state index in [1.165, 1.54) is 18.2 Å². The van der Waals surface area contributed by atoms with Gasteiger partial charge in [0.2, 0.25) is 5.91 Å². The maximum atomic E-state index is 14.3. The number of carbonyl (C=O) groups is 1. The smallest absolute Gasteiger partial charge is 0.236 e. The fourth-order valence-corrected chi connectivity index (χ4v) is 4.27. The van der Waals surface area contributed by atoms with E-state index in [9.17, 15) is 13.6 Å².